The standard InChI is InChI=1S/C12H13N/c1-12(8-5-9-13-10-12)11-6-3-2-4-7-11/h2-9H,10H2,1H3. The lowest BCUT2D eigenvalue weighted by atomic mass is 9.81. The molecule has 0 spiro atoms. The van der Waals surface area contributed by atoms with E-state index in [0.29, 0.717) is 0 Å². The molecule has 1 nitrogen and oxygen atoms in total. The van der Waals surface area contributed by atoms with Crippen molar-refractivity contribution in [2.75, 3.05) is 6.54 Å². The molecule has 1 aliphatic heterocycles. The SMILES string of the molecule is CC1(c2ccccc2)C=CC=NC1. The first-order valence-corrected chi connectivity index (χ1v) is 4.54. The zero-order valence-corrected chi connectivity index (χ0v) is 7.77. The van der Waals surface area contributed by atoms with Gasteiger partial charge in [-0.15, -0.1) is 0 Å². The molecule has 2 rings (SSSR count). The average Bonchev–Trinajstić information content (AvgIpc) is 2.20. The molecule has 13 heavy (non-hydrogen) atoms. The molecule has 1 unspecified atom stereocenters. The van der Waals surface area contributed by atoms with Gasteiger partial charge >= 0.3 is 0 Å². The van der Waals surface area contributed by atoms with Crippen molar-refractivity contribution in [2.45, 2.75) is 12.3 Å². The van der Waals surface area contributed by atoms with Crippen LogP contribution in [0.3, 0.4) is 0 Å². The van der Waals surface area contributed by atoms with E-state index in [1.807, 2.05) is 18.4 Å². The van der Waals surface area contributed by atoms with Crippen LogP contribution in [0.5, 0.6) is 0 Å². The number of allylic oxidation sites excluding steroid dienone is 1. The van der Waals surface area contributed by atoms with E-state index in [-0.39, 0.29) is 5.41 Å². The predicted molar refractivity (Wildman–Crippen MR) is 56.3 cm³/mol. The summed E-state index contributed by atoms with van der Waals surface area (Å²) in [6, 6.07) is 10.5. The van der Waals surface area contributed by atoms with Crippen LogP contribution in [0.4, 0.5) is 0 Å². The highest BCUT2D eigenvalue weighted by Crippen LogP contribution is 2.26. The molecular formula is C12H13N. The van der Waals surface area contributed by atoms with E-state index in [0.717, 1.165) is 6.54 Å². The number of hydrogen-bond acceptors (Lipinski definition) is 1. The summed E-state index contributed by atoms with van der Waals surface area (Å²) < 4.78 is 0. The Morgan fingerprint density at radius 2 is 2.00 bits per heavy atom. The largest absolute Gasteiger partial charge is 0.292 e. The molecule has 0 saturated heterocycles. The van der Waals surface area contributed by atoms with Gasteiger partial charge in [0.2, 0.25) is 0 Å². The molecule has 66 valence electrons. The van der Waals surface area contributed by atoms with Gasteiger partial charge < -0.3 is 0 Å². The van der Waals surface area contributed by atoms with Crippen LogP contribution in [0, 0.1) is 0 Å². The third kappa shape index (κ3) is 1.55. The van der Waals surface area contributed by atoms with Crippen molar-refractivity contribution in [1.29, 1.82) is 0 Å². The van der Waals surface area contributed by atoms with E-state index < -0.39 is 0 Å². The number of aliphatic imine (C=N–C) groups is 1. The number of rotatable bonds is 1. The monoisotopic (exact) mass is 171 g/mol. The Bertz CT molecular complexity index is 337. The van der Waals surface area contributed by atoms with Crippen molar-refractivity contribution < 1.29 is 0 Å². The van der Waals surface area contributed by atoms with Crippen molar-refractivity contribution in [3.63, 3.8) is 0 Å². The Labute approximate surface area is 78.8 Å². The lowest BCUT2D eigenvalue weighted by Gasteiger charge is -2.26. The highest BCUT2D eigenvalue weighted by Gasteiger charge is 2.23. The van der Waals surface area contributed by atoms with E-state index in [2.05, 4.69) is 42.3 Å². The fourth-order valence-corrected chi connectivity index (χ4v) is 1.62. The Morgan fingerprint density at radius 3 is 2.62 bits per heavy atom. The van der Waals surface area contributed by atoms with Gasteiger partial charge in [0.25, 0.3) is 0 Å². The van der Waals surface area contributed by atoms with Gasteiger partial charge in [-0.3, -0.25) is 4.99 Å². The summed E-state index contributed by atoms with van der Waals surface area (Å²) in [6.45, 7) is 3.07. The minimum atomic E-state index is 0.0933. The number of benzene rings is 1. The summed E-state index contributed by atoms with van der Waals surface area (Å²) in [5.41, 5.74) is 1.43. The Hall–Kier alpha value is -1.37. The first kappa shape index (κ1) is 8.24. The van der Waals surface area contributed by atoms with Crippen molar-refractivity contribution in [3.8, 4) is 0 Å². The Morgan fingerprint density at radius 1 is 1.23 bits per heavy atom. The maximum absolute atomic E-state index is 4.29. The van der Waals surface area contributed by atoms with Crippen LogP contribution in [0.25, 0.3) is 0 Å². The van der Waals surface area contributed by atoms with E-state index in [4.69, 9.17) is 0 Å². The molecule has 1 atom stereocenters. The van der Waals surface area contributed by atoms with Gasteiger partial charge in [-0.25, -0.2) is 0 Å². The second-order valence-electron chi connectivity index (χ2n) is 3.63. The summed E-state index contributed by atoms with van der Waals surface area (Å²) in [7, 11) is 0. The molecule has 0 aliphatic carbocycles. The molecule has 1 aliphatic rings. The topological polar surface area (TPSA) is 12.4 Å². The molecule has 0 bridgehead atoms. The second kappa shape index (κ2) is 3.17. The predicted octanol–water partition coefficient (Wildman–Crippen LogP) is 2.58. The Kier molecular flexibility index (Phi) is 2.01. The van der Waals surface area contributed by atoms with E-state index in [1.54, 1.807) is 0 Å². The summed E-state index contributed by atoms with van der Waals surface area (Å²) >= 11 is 0. The molecule has 0 radical (unpaired) electrons. The summed E-state index contributed by atoms with van der Waals surface area (Å²) in [5, 5.41) is 0. The average molecular weight is 171 g/mol. The van der Waals surface area contributed by atoms with Crippen LogP contribution in [0.15, 0.2) is 47.5 Å². The molecular weight excluding hydrogens is 158 g/mol. The quantitative estimate of drug-likeness (QED) is 0.616. The molecule has 0 amide bonds. The zero-order valence-electron chi connectivity index (χ0n) is 7.77. The van der Waals surface area contributed by atoms with E-state index in [1.165, 1.54) is 5.56 Å². The summed E-state index contributed by atoms with van der Waals surface area (Å²) in [4.78, 5) is 4.29. The van der Waals surface area contributed by atoms with Gasteiger partial charge in [0, 0.05) is 11.6 Å². The maximum atomic E-state index is 4.29. The van der Waals surface area contributed by atoms with Gasteiger partial charge in [0.15, 0.2) is 0 Å². The normalized spacial score (nSPS) is 26.2. The summed E-state index contributed by atoms with van der Waals surface area (Å²) in [6.07, 6.45) is 6.11. The molecule has 0 N–H and O–H groups in total. The third-order valence-electron chi connectivity index (χ3n) is 2.51. The van der Waals surface area contributed by atoms with Gasteiger partial charge in [0.1, 0.15) is 0 Å². The van der Waals surface area contributed by atoms with Crippen LogP contribution >= 0.6 is 0 Å². The molecule has 0 aromatic heterocycles. The molecule has 0 saturated carbocycles. The molecule has 1 heterocycles. The van der Waals surface area contributed by atoms with Gasteiger partial charge in [-0.1, -0.05) is 43.3 Å². The third-order valence-corrected chi connectivity index (χ3v) is 2.51. The van der Waals surface area contributed by atoms with E-state index in [9.17, 15) is 0 Å². The number of nitrogens with zero attached hydrogens (tertiary/aromatic N) is 1. The highest BCUT2D eigenvalue weighted by atomic mass is 14.7. The van der Waals surface area contributed by atoms with Crippen LogP contribution in [-0.4, -0.2) is 12.8 Å². The van der Waals surface area contributed by atoms with Crippen LogP contribution in [0.2, 0.25) is 0 Å². The van der Waals surface area contributed by atoms with Gasteiger partial charge in [-0.2, -0.15) is 0 Å². The minimum Gasteiger partial charge on any atom is -0.292 e. The minimum absolute atomic E-state index is 0.0933. The number of dihydropyridines is 1. The fraction of sp³-hybridized carbons (Fsp3) is 0.250. The number of hydrogen-bond donors (Lipinski definition) is 0. The fourth-order valence-electron chi connectivity index (χ4n) is 1.62. The smallest absolute Gasteiger partial charge is 0.0518 e. The lowest BCUT2D eigenvalue weighted by molar-refractivity contribution is 0.606. The van der Waals surface area contributed by atoms with E-state index >= 15 is 0 Å². The highest BCUT2D eigenvalue weighted by molar-refractivity contribution is 5.73. The van der Waals surface area contributed by atoms with Crippen LogP contribution in [-0.2, 0) is 5.41 Å². The first-order chi connectivity index (χ1) is 6.31. The van der Waals surface area contributed by atoms with Crippen LogP contribution in [0.1, 0.15) is 12.5 Å². The van der Waals surface area contributed by atoms with Gasteiger partial charge in [-0.05, 0) is 11.6 Å². The van der Waals surface area contributed by atoms with Crippen molar-refractivity contribution in [1.82, 2.24) is 0 Å². The van der Waals surface area contributed by atoms with Crippen molar-refractivity contribution in [2.24, 2.45) is 4.99 Å². The summed E-state index contributed by atoms with van der Waals surface area (Å²) in [5.74, 6) is 0. The molecule has 1 heteroatoms. The lowest BCUT2D eigenvalue weighted by Crippen LogP contribution is -2.24. The zero-order chi connectivity index (χ0) is 9.15. The first-order valence-electron chi connectivity index (χ1n) is 4.54. The molecule has 1 aromatic rings. The molecule has 0 fully saturated rings. The molecule has 1 aromatic carbocycles. The van der Waals surface area contributed by atoms with Crippen molar-refractivity contribution in [3.05, 3.63) is 48.0 Å². The van der Waals surface area contributed by atoms with Gasteiger partial charge in [0.05, 0.1) is 6.54 Å². The van der Waals surface area contributed by atoms with Crippen LogP contribution < -0.4 is 0 Å². The maximum Gasteiger partial charge on any atom is 0.0518 e. The van der Waals surface area contributed by atoms with Crippen molar-refractivity contribution >= 4 is 6.21 Å². The second-order valence-corrected chi connectivity index (χ2v) is 3.63. The Balaban J connectivity index is 2.35.